The number of carbonyl (C=O) groups excluding carboxylic acids is 2. The van der Waals surface area contributed by atoms with Crippen LogP contribution in [0.2, 0.25) is 0 Å². The molecule has 6 heteroatoms. The van der Waals surface area contributed by atoms with Crippen LogP contribution in [0.4, 0.5) is 0 Å². The summed E-state index contributed by atoms with van der Waals surface area (Å²) in [6.07, 6.45) is 0.0573. The van der Waals surface area contributed by atoms with Crippen LogP contribution in [0.5, 0.6) is 5.75 Å². The molecule has 30 heavy (non-hydrogen) atoms. The first kappa shape index (κ1) is 21.6. The van der Waals surface area contributed by atoms with Gasteiger partial charge in [0, 0.05) is 20.7 Å². The topological polar surface area (TPSA) is 59.1 Å². The average molecular weight is 408 g/mol. The molecule has 3 rings (SSSR count). The van der Waals surface area contributed by atoms with Crippen molar-refractivity contribution in [2.75, 3.05) is 27.3 Å². The first-order valence-corrected chi connectivity index (χ1v) is 10.0. The van der Waals surface area contributed by atoms with E-state index in [9.17, 15) is 9.59 Å². The maximum Gasteiger partial charge on any atom is 0.277 e. The zero-order chi connectivity index (χ0) is 21.7. The Morgan fingerprint density at radius 3 is 2.23 bits per heavy atom. The summed E-state index contributed by atoms with van der Waals surface area (Å²) in [6, 6.07) is 17.2. The average Bonchev–Trinajstić information content (AvgIpc) is 2.97. The number of benzene rings is 2. The number of rotatable bonds is 9. The molecule has 2 aromatic carbocycles. The number of nitrogens with zero attached hydrogens (tertiary/aromatic N) is 2. The summed E-state index contributed by atoms with van der Waals surface area (Å²) in [5.41, 5.74) is 2.56. The van der Waals surface area contributed by atoms with E-state index < -0.39 is 0 Å². The van der Waals surface area contributed by atoms with Crippen molar-refractivity contribution in [1.29, 1.82) is 0 Å². The van der Waals surface area contributed by atoms with Crippen LogP contribution in [-0.4, -0.2) is 55.0 Å². The maximum atomic E-state index is 13.2. The molecule has 0 radical (unpaired) electrons. The molecular formula is C24H28N2O4. The quantitative estimate of drug-likeness (QED) is 0.596. The van der Waals surface area contributed by atoms with Crippen molar-refractivity contribution in [3.8, 4) is 5.75 Å². The fraction of sp³-hybridized carbons (Fsp3) is 0.333. The summed E-state index contributed by atoms with van der Waals surface area (Å²) in [6.45, 7) is 4.95. The minimum atomic E-state index is -0.301. The Labute approximate surface area is 177 Å². The lowest BCUT2D eigenvalue weighted by atomic mass is 10.0. The van der Waals surface area contributed by atoms with E-state index in [2.05, 4.69) is 0 Å². The lowest BCUT2D eigenvalue weighted by molar-refractivity contribution is -0.138. The SMILES string of the molecule is COCCN1C(=O)C(c2ccc(OC(C)C)cc2)=C(N(C)Cc2ccccc2)C1=O. The smallest absolute Gasteiger partial charge is 0.277 e. The molecule has 0 aromatic heterocycles. The van der Waals surface area contributed by atoms with Crippen LogP contribution in [0.15, 0.2) is 60.3 Å². The van der Waals surface area contributed by atoms with Crippen molar-refractivity contribution in [2.45, 2.75) is 26.5 Å². The molecule has 0 bridgehead atoms. The van der Waals surface area contributed by atoms with E-state index in [1.54, 1.807) is 7.11 Å². The zero-order valence-electron chi connectivity index (χ0n) is 17.9. The van der Waals surface area contributed by atoms with Crippen molar-refractivity contribution in [3.63, 3.8) is 0 Å². The Morgan fingerprint density at radius 2 is 1.63 bits per heavy atom. The number of carbonyl (C=O) groups is 2. The largest absolute Gasteiger partial charge is 0.491 e. The predicted molar refractivity (Wildman–Crippen MR) is 116 cm³/mol. The van der Waals surface area contributed by atoms with Crippen molar-refractivity contribution in [3.05, 3.63) is 71.4 Å². The van der Waals surface area contributed by atoms with Crippen LogP contribution < -0.4 is 4.74 Å². The number of amides is 2. The molecular weight excluding hydrogens is 380 g/mol. The molecule has 0 aliphatic carbocycles. The maximum absolute atomic E-state index is 13.2. The normalized spacial score (nSPS) is 14.1. The van der Waals surface area contributed by atoms with Gasteiger partial charge in [0.25, 0.3) is 11.8 Å². The first-order valence-electron chi connectivity index (χ1n) is 10.0. The fourth-order valence-electron chi connectivity index (χ4n) is 3.47. The minimum absolute atomic E-state index is 0.0573. The van der Waals surface area contributed by atoms with Crippen LogP contribution in [-0.2, 0) is 20.9 Å². The van der Waals surface area contributed by atoms with Gasteiger partial charge in [0.2, 0.25) is 0 Å². The van der Waals surface area contributed by atoms with Gasteiger partial charge in [0.05, 0.1) is 24.8 Å². The second kappa shape index (κ2) is 9.59. The first-order chi connectivity index (χ1) is 14.4. The van der Waals surface area contributed by atoms with Crippen molar-refractivity contribution >= 4 is 17.4 Å². The second-order valence-electron chi connectivity index (χ2n) is 7.51. The number of methoxy groups -OCH3 is 1. The Kier molecular flexibility index (Phi) is 6.90. The monoisotopic (exact) mass is 408 g/mol. The Morgan fingerprint density at radius 1 is 0.967 bits per heavy atom. The van der Waals surface area contributed by atoms with Gasteiger partial charge in [-0.05, 0) is 37.1 Å². The highest BCUT2D eigenvalue weighted by atomic mass is 16.5. The van der Waals surface area contributed by atoms with Gasteiger partial charge in [-0.15, -0.1) is 0 Å². The lowest BCUT2D eigenvalue weighted by Gasteiger charge is -2.21. The summed E-state index contributed by atoms with van der Waals surface area (Å²) >= 11 is 0. The number of likely N-dealkylation sites (N-methyl/N-ethyl adjacent to an activating group) is 1. The van der Waals surface area contributed by atoms with E-state index in [0.29, 0.717) is 30.0 Å². The van der Waals surface area contributed by atoms with Crippen molar-refractivity contribution in [1.82, 2.24) is 9.80 Å². The highest BCUT2D eigenvalue weighted by Gasteiger charge is 2.40. The third-order valence-corrected chi connectivity index (χ3v) is 4.82. The number of hydrogen-bond donors (Lipinski definition) is 0. The van der Waals surface area contributed by atoms with Crippen LogP contribution >= 0.6 is 0 Å². The van der Waals surface area contributed by atoms with Gasteiger partial charge in [-0.1, -0.05) is 42.5 Å². The second-order valence-corrected chi connectivity index (χ2v) is 7.51. The van der Waals surface area contributed by atoms with Gasteiger partial charge in [0.1, 0.15) is 11.4 Å². The van der Waals surface area contributed by atoms with Gasteiger partial charge >= 0.3 is 0 Å². The molecule has 0 unspecified atom stereocenters. The molecule has 0 spiro atoms. The van der Waals surface area contributed by atoms with Gasteiger partial charge in [-0.2, -0.15) is 0 Å². The Hall–Kier alpha value is -3.12. The molecule has 0 N–H and O–H groups in total. The predicted octanol–water partition coefficient (Wildman–Crippen LogP) is 3.33. The highest BCUT2D eigenvalue weighted by Crippen LogP contribution is 2.32. The number of imide groups is 1. The minimum Gasteiger partial charge on any atom is -0.491 e. The lowest BCUT2D eigenvalue weighted by Crippen LogP contribution is -2.36. The Balaban J connectivity index is 1.97. The summed E-state index contributed by atoms with van der Waals surface area (Å²) in [4.78, 5) is 29.5. The highest BCUT2D eigenvalue weighted by molar-refractivity contribution is 6.35. The summed E-state index contributed by atoms with van der Waals surface area (Å²) in [5, 5.41) is 0. The molecule has 0 atom stereocenters. The third kappa shape index (κ3) is 4.71. The van der Waals surface area contributed by atoms with E-state index in [1.165, 1.54) is 4.90 Å². The van der Waals surface area contributed by atoms with Gasteiger partial charge in [-0.25, -0.2) is 0 Å². The molecule has 0 saturated heterocycles. The standard InChI is InChI=1S/C24H28N2O4/c1-17(2)30-20-12-10-19(11-13-20)21-22(24(28)26(23(21)27)14-15-29-4)25(3)16-18-8-6-5-7-9-18/h5-13,17H,14-16H2,1-4H3. The van der Waals surface area contributed by atoms with Crippen LogP contribution in [0.3, 0.4) is 0 Å². The molecule has 1 heterocycles. The van der Waals surface area contributed by atoms with Gasteiger partial charge < -0.3 is 14.4 Å². The van der Waals surface area contributed by atoms with E-state index in [0.717, 1.165) is 11.3 Å². The summed E-state index contributed by atoms with van der Waals surface area (Å²) < 4.78 is 10.8. The number of ether oxygens (including phenoxy) is 2. The van der Waals surface area contributed by atoms with E-state index in [1.807, 2.05) is 80.4 Å². The molecule has 158 valence electrons. The third-order valence-electron chi connectivity index (χ3n) is 4.82. The van der Waals surface area contributed by atoms with Crippen LogP contribution in [0.25, 0.3) is 5.57 Å². The van der Waals surface area contributed by atoms with Crippen LogP contribution in [0, 0.1) is 0 Å². The summed E-state index contributed by atoms with van der Waals surface area (Å²) in [7, 11) is 3.39. The molecule has 6 nitrogen and oxygen atoms in total. The van der Waals surface area contributed by atoms with E-state index in [4.69, 9.17) is 9.47 Å². The van der Waals surface area contributed by atoms with Crippen molar-refractivity contribution < 1.29 is 19.1 Å². The Bertz CT molecular complexity index is 920. The van der Waals surface area contributed by atoms with E-state index >= 15 is 0 Å². The summed E-state index contributed by atoms with van der Waals surface area (Å²) in [5.74, 6) is 0.124. The molecule has 1 aliphatic heterocycles. The van der Waals surface area contributed by atoms with Crippen molar-refractivity contribution in [2.24, 2.45) is 0 Å². The molecule has 0 fully saturated rings. The molecule has 2 aromatic rings. The zero-order valence-corrected chi connectivity index (χ0v) is 17.9. The van der Waals surface area contributed by atoms with Gasteiger partial charge in [0.15, 0.2) is 0 Å². The molecule has 0 saturated carbocycles. The van der Waals surface area contributed by atoms with E-state index in [-0.39, 0.29) is 24.5 Å². The molecule has 2 amide bonds. The number of hydrogen-bond acceptors (Lipinski definition) is 5. The van der Waals surface area contributed by atoms with Crippen LogP contribution in [0.1, 0.15) is 25.0 Å². The van der Waals surface area contributed by atoms with Gasteiger partial charge in [-0.3, -0.25) is 14.5 Å². The molecule has 1 aliphatic rings. The fourth-order valence-corrected chi connectivity index (χ4v) is 3.47.